The molecule has 1 amide bonds. The van der Waals surface area contributed by atoms with Crippen molar-refractivity contribution in [1.82, 2.24) is 34.6 Å². The first kappa shape index (κ1) is 27.7. The zero-order chi connectivity index (χ0) is 29.0. The molecule has 1 aliphatic rings. The van der Waals surface area contributed by atoms with E-state index in [9.17, 15) is 31.1 Å². The number of imidazole rings is 1. The van der Waals surface area contributed by atoms with Gasteiger partial charge in [-0.3, -0.25) is 4.79 Å². The van der Waals surface area contributed by atoms with E-state index in [1.807, 2.05) is 0 Å². The van der Waals surface area contributed by atoms with Crippen molar-refractivity contribution in [3.8, 4) is 17.3 Å². The first-order valence-corrected chi connectivity index (χ1v) is 12.8. The number of aromatic amines is 1. The number of benzene rings is 1. The molecule has 0 radical (unpaired) electrons. The van der Waals surface area contributed by atoms with Gasteiger partial charge in [0.15, 0.2) is 5.82 Å². The molecule has 0 aliphatic carbocycles. The molecule has 1 atom stereocenters. The second kappa shape index (κ2) is 9.94. The highest BCUT2D eigenvalue weighted by Crippen LogP contribution is 2.43. The van der Waals surface area contributed by atoms with Crippen LogP contribution in [0, 0.1) is 13.8 Å². The number of fused-ring (bicyclic) bond motifs is 1. The number of anilines is 1. The first-order valence-electron chi connectivity index (χ1n) is 11.9. The highest BCUT2D eigenvalue weighted by atomic mass is 32.1. The van der Waals surface area contributed by atoms with E-state index >= 15 is 0 Å². The molecule has 1 aromatic carbocycles. The zero-order valence-electron chi connectivity index (χ0n) is 21.3. The van der Waals surface area contributed by atoms with E-state index < -0.39 is 23.3 Å². The summed E-state index contributed by atoms with van der Waals surface area (Å²) < 4.78 is 84.3. The number of aromatic nitrogens is 6. The third-order valence-corrected chi connectivity index (χ3v) is 7.41. The van der Waals surface area contributed by atoms with Crippen molar-refractivity contribution in [2.24, 2.45) is 0 Å². The second-order valence-corrected chi connectivity index (χ2v) is 10.2. The zero-order valence-corrected chi connectivity index (χ0v) is 22.1. The van der Waals surface area contributed by atoms with Crippen molar-refractivity contribution in [3.05, 3.63) is 34.9 Å². The molecule has 0 bridgehead atoms. The maximum absolute atomic E-state index is 13.7. The van der Waals surface area contributed by atoms with Crippen molar-refractivity contribution in [2.45, 2.75) is 45.9 Å². The molecular weight excluding hydrogens is 566 g/mol. The predicted molar refractivity (Wildman–Crippen MR) is 132 cm³/mol. The number of rotatable bonds is 5. The van der Waals surface area contributed by atoms with Gasteiger partial charge >= 0.3 is 12.5 Å². The SMILES string of the molecule is Cc1nc(C)n(CC(=O)N2CCN(c3sc(C(F)(F)F)nc3-c3nc4ccc(OC(F)(F)F)cc4[nH]3)C[C@H]2C)n1. The number of ether oxygens (including phenoxy) is 1. The lowest BCUT2D eigenvalue weighted by atomic mass is 10.2. The van der Waals surface area contributed by atoms with Crippen LogP contribution in [-0.2, 0) is 17.5 Å². The third kappa shape index (κ3) is 5.68. The van der Waals surface area contributed by atoms with Crippen LogP contribution in [0.4, 0.5) is 31.3 Å². The van der Waals surface area contributed by atoms with Gasteiger partial charge < -0.3 is 19.5 Å². The van der Waals surface area contributed by atoms with E-state index in [1.165, 1.54) is 10.7 Å². The number of hydrogen-bond acceptors (Lipinski definition) is 8. The van der Waals surface area contributed by atoms with E-state index in [2.05, 4.69) is 29.8 Å². The predicted octanol–water partition coefficient (Wildman–Crippen LogP) is 4.55. The summed E-state index contributed by atoms with van der Waals surface area (Å²) in [7, 11) is 0. The van der Waals surface area contributed by atoms with Crippen LogP contribution < -0.4 is 9.64 Å². The Hall–Kier alpha value is -3.89. The fourth-order valence-electron chi connectivity index (χ4n) is 4.54. The molecule has 0 unspecified atom stereocenters. The summed E-state index contributed by atoms with van der Waals surface area (Å²) in [5.74, 6) is 0.388. The molecule has 40 heavy (non-hydrogen) atoms. The number of carbonyl (C=O) groups excluding carboxylic acids is 1. The van der Waals surface area contributed by atoms with Crippen molar-refractivity contribution in [3.63, 3.8) is 0 Å². The van der Waals surface area contributed by atoms with Crippen LogP contribution in [-0.4, -0.2) is 72.6 Å². The van der Waals surface area contributed by atoms with Gasteiger partial charge in [0.2, 0.25) is 10.9 Å². The fourth-order valence-corrected chi connectivity index (χ4v) is 5.51. The Balaban J connectivity index is 1.41. The van der Waals surface area contributed by atoms with Crippen LogP contribution in [0.1, 0.15) is 23.6 Å². The summed E-state index contributed by atoms with van der Waals surface area (Å²) >= 11 is 0.438. The Morgan fingerprint density at radius 1 is 1.12 bits per heavy atom. The van der Waals surface area contributed by atoms with E-state index in [-0.39, 0.29) is 65.7 Å². The molecule has 5 rings (SSSR count). The number of hydrogen-bond donors (Lipinski definition) is 1. The van der Waals surface area contributed by atoms with Crippen LogP contribution >= 0.6 is 11.3 Å². The van der Waals surface area contributed by atoms with Gasteiger partial charge in [-0.1, -0.05) is 11.3 Å². The van der Waals surface area contributed by atoms with Gasteiger partial charge in [0.05, 0.1) is 11.0 Å². The average molecular weight is 589 g/mol. The second-order valence-electron chi connectivity index (χ2n) is 9.23. The fraction of sp³-hybridized carbons (Fsp3) is 0.435. The Labute approximate surface area is 226 Å². The van der Waals surface area contributed by atoms with Crippen LogP contribution in [0.3, 0.4) is 0 Å². The van der Waals surface area contributed by atoms with Crippen molar-refractivity contribution < 1.29 is 35.9 Å². The number of nitrogens with one attached hydrogen (secondary N) is 1. The molecule has 4 aromatic rings. The summed E-state index contributed by atoms with van der Waals surface area (Å²) in [6.07, 6.45) is -9.64. The van der Waals surface area contributed by atoms with E-state index in [0.717, 1.165) is 12.1 Å². The Kier molecular flexibility index (Phi) is 6.87. The molecule has 10 nitrogen and oxygen atoms in total. The normalized spacial score (nSPS) is 16.7. The first-order chi connectivity index (χ1) is 18.7. The Bertz CT molecular complexity index is 1560. The Morgan fingerprint density at radius 2 is 1.88 bits per heavy atom. The summed E-state index contributed by atoms with van der Waals surface area (Å²) in [4.78, 5) is 31.3. The molecular formula is C23H22F6N8O2S. The van der Waals surface area contributed by atoms with Gasteiger partial charge in [0.25, 0.3) is 0 Å². The molecule has 0 saturated carbocycles. The number of amides is 1. The molecule has 4 heterocycles. The topological polar surface area (TPSA) is 105 Å². The summed E-state index contributed by atoms with van der Waals surface area (Å²) in [5, 5.41) is 3.29. The minimum atomic E-state index is -4.91. The number of carbonyl (C=O) groups is 1. The smallest absolute Gasteiger partial charge is 0.406 e. The highest BCUT2D eigenvalue weighted by molar-refractivity contribution is 7.16. The van der Waals surface area contributed by atoms with E-state index in [4.69, 9.17) is 0 Å². The molecule has 1 saturated heterocycles. The largest absolute Gasteiger partial charge is 0.573 e. The molecule has 214 valence electrons. The minimum Gasteiger partial charge on any atom is -0.406 e. The van der Waals surface area contributed by atoms with Crippen LogP contribution in [0.25, 0.3) is 22.6 Å². The van der Waals surface area contributed by atoms with E-state index in [0.29, 0.717) is 23.0 Å². The number of nitrogens with zero attached hydrogens (tertiary/aromatic N) is 7. The molecule has 1 aliphatic heterocycles. The van der Waals surface area contributed by atoms with Crippen LogP contribution in [0.15, 0.2) is 18.2 Å². The quantitative estimate of drug-likeness (QED) is 0.341. The number of halogens is 6. The third-order valence-electron chi connectivity index (χ3n) is 6.25. The van der Waals surface area contributed by atoms with Gasteiger partial charge in [-0.05, 0) is 32.9 Å². The van der Waals surface area contributed by atoms with Crippen LogP contribution in [0.5, 0.6) is 5.75 Å². The monoisotopic (exact) mass is 588 g/mol. The van der Waals surface area contributed by atoms with Crippen LogP contribution in [0.2, 0.25) is 0 Å². The number of aryl methyl sites for hydroxylation is 2. The molecule has 0 spiro atoms. The minimum absolute atomic E-state index is 0.0138. The summed E-state index contributed by atoms with van der Waals surface area (Å²) in [6.45, 7) is 5.91. The molecule has 1 fully saturated rings. The average Bonchev–Trinajstić information content (AvgIpc) is 3.53. The maximum Gasteiger partial charge on any atom is 0.573 e. The molecule has 3 aromatic heterocycles. The van der Waals surface area contributed by atoms with Gasteiger partial charge in [-0.15, -0.1) is 13.2 Å². The molecule has 1 N–H and O–H groups in total. The van der Waals surface area contributed by atoms with Gasteiger partial charge in [-0.2, -0.15) is 18.3 Å². The number of piperazine rings is 1. The lowest BCUT2D eigenvalue weighted by Crippen LogP contribution is -2.54. The molecule has 17 heteroatoms. The lowest BCUT2D eigenvalue weighted by molar-refractivity contribution is -0.274. The number of H-pyrrole nitrogens is 1. The highest BCUT2D eigenvalue weighted by Gasteiger charge is 2.39. The number of alkyl halides is 6. The number of thiazole rings is 1. The summed E-state index contributed by atoms with van der Waals surface area (Å²) in [6, 6.07) is 3.02. The lowest BCUT2D eigenvalue weighted by Gasteiger charge is -2.40. The Morgan fingerprint density at radius 3 is 2.50 bits per heavy atom. The van der Waals surface area contributed by atoms with E-state index in [1.54, 1.807) is 30.6 Å². The van der Waals surface area contributed by atoms with Crippen molar-refractivity contribution in [2.75, 3.05) is 24.5 Å². The van der Waals surface area contributed by atoms with Gasteiger partial charge in [-0.25, -0.2) is 19.6 Å². The summed E-state index contributed by atoms with van der Waals surface area (Å²) in [5.41, 5.74) is 0.263. The van der Waals surface area contributed by atoms with Crippen molar-refractivity contribution in [1.29, 1.82) is 0 Å². The van der Waals surface area contributed by atoms with Crippen molar-refractivity contribution >= 4 is 33.3 Å². The maximum atomic E-state index is 13.7. The van der Waals surface area contributed by atoms with Gasteiger partial charge in [0.1, 0.15) is 34.6 Å². The standard InChI is InChI=1S/C23H22F6N8O2S/c1-11-9-35(6-7-36(11)17(38)10-37-13(3)30-12(2)34-37)20-18(33-21(40-20)22(24,25)26)19-31-15-5-4-14(8-16(15)32-19)39-23(27,28)29/h4-5,8,11H,6-7,9-10H2,1-3H3,(H,31,32)/t11-/m1/s1. The van der Waals surface area contributed by atoms with Gasteiger partial charge in [0, 0.05) is 31.7 Å².